The fourth-order valence-corrected chi connectivity index (χ4v) is 4.94. The van der Waals surface area contributed by atoms with E-state index in [2.05, 4.69) is 4.98 Å². The number of hydrogen-bond acceptors (Lipinski definition) is 4. The Bertz CT molecular complexity index is 578. The molecule has 1 saturated carbocycles. The molecule has 0 aromatic carbocycles. The molecule has 1 aliphatic carbocycles. The average molecular weight is 303 g/mol. The molecule has 2 heterocycles. The summed E-state index contributed by atoms with van der Waals surface area (Å²) < 4.78 is 32.6. The van der Waals surface area contributed by atoms with Gasteiger partial charge in [0.2, 0.25) is 10.0 Å². The molecule has 19 heavy (non-hydrogen) atoms. The Morgan fingerprint density at radius 2 is 2.26 bits per heavy atom. The maximum atomic E-state index is 12.7. The van der Waals surface area contributed by atoms with Crippen LogP contribution >= 0.6 is 11.6 Å². The molecule has 0 radical (unpaired) electrons. The van der Waals surface area contributed by atoms with Gasteiger partial charge in [0, 0.05) is 18.9 Å². The Labute approximate surface area is 117 Å². The van der Waals surface area contributed by atoms with Crippen molar-refractivity contribution in [1.82, 2.24) is 9.29 Å². The van der Waals surface area contributed by atoms with E-state index in [0.29, 0.717) is 13.2 Å². The Kier molecular flexibility index (Phi) is 3.51. The fraction of sp³-hybridized carbons (Fsp3) is 0.583. The standard InChI is InChI=1S/C12H15ClN2O3S/c13-9-4-5-14-8-12(9)19(16,17)15-6-7-18-11-3-1-2-10(11)15/h4-5,8,10-11H,1-3,6-7H2. The Morgan fingerprint density at radius 1 is 1.42 bits per heavy atom. The molecule has 0 bridgehead atoms. The van der Waals surface area contributed by atoms with Crippen LogP contribution in [0.15, 0.2) is 23.4 Å². The van der Waals surface area contributed by atoms with Gasteiger partial charge in [0.15, 0.2) is 0 Å². The molecule has 1 saturated heterocycles. The highest BCUT2D eigenvalue weighted by Gasteiger charge is 2.42. The lowest BCUT2D eigenvalue weighted by Gasteiger charge is -2.36. The number of nitrogens with zero attached hydrogens (tertiary/aromatic N) is 2. The fourth-order valence-electron chi connectivity index (χ4n) is 2.87. The third-order valence-electron chi connectivity index (χ3n) is 3.75. The molecule has 0 spiro atoms. The number of hydrogen-bond donors (Lipinski definition) is 0. The zero-order chi connectivity index (χ0) is 13.5. The van der Waals surface area contributed by atoms with Crippen molar-refractivity contribution in [1.29, 1.82) is 0 Å². The second-order valence-corrected chi connectivity index (χ2v) is 7.10. The summed E-state index contributed by atoms with van der Waals surface area (Å²) in [6.07, 6.45) is 5.61. The molecule has 3 rings (SSSR count). The monoisotopic (exact) mass is 302 g/mol. The number of rotatable bonds is 2. The third-order valence-corrected chi connectivity index (χ3v) is 6.15. The van der Waals surface area contributed by atoms with Gasteiger partial charge in [-0.05, 0) is 25.3 Å². The lowest BCUT2D eigenvalue weighted by atomic mass is 10.2. The minimum absolute atomic E-state index is 0.0268. The highest BCUT2D eigenvalue weighted by atomic mass is 35.5. The Morgan fingerprint density at radius 3 is 3.05 bits per heavy atom. The van der Waals surface area contributed by atoms with Crippen molar-refractivity contribution in [2.24, 2.45) is 0 Å². The van der Waals surface area contributed by atoms with Crippen molar-refractivity contribution in [3.63, 3.8) is 0 Å². The van der Waals surface area contributed by atoms with Crippen molar-refractivity contribution in [3.05, 3.63) is 23.5 Å². The van der Waals surface area contributed by atoms with Gasteiger partial charge in [-0.2, -0.15) is 4.31 Å². The van der Waals surface area contributed by atoms with Crippen LogP contribution in [0.4, 0.5) is 0 Å². The highest BCUT2D eigenvalue weighted by Crippen LogP contribution is 2.34. The third kappa shape index (κ3) is 2.27. The number of ether oxygens (including phenoxy) is 1. The van der Waals surface area contributed by atoms with Gasteiger partial charge in [-0.1, -0.05) is 11.6 Å². The molecule has 2 atom stereocenters. The quantitative estimate of drug-likeness (QED) is 0.834. The lowest BCUT2D eigenvalue weighted by molar-refractivity contribution is -0.0241. The second kappa shape index (κ2) is 5.01. The zero-order valence-electron chi connectivity index (χ0n) is 10.3. The predicted molar refractivity (Wildman–Crippen MR) is 70.5 cm³/mol. The number of aromatic nitrogens is 1. The van der Waals surface area contributed by atoms with Crippen LogP contribution in [-0.4, -0.2) is 43.0 Å². The summed E-state index contributed by atoms with van der Waals surface area (Å²) in [6.45, 7) is 0.826. The summed E-state index contributed by atoms with van der Waals surface area (Å²) in [5.41, 5.74) is 0. The number of sulfonamides is 1. The van der Waals surface area contributed by atoms with Gasteiger partial charge in [0.1, 0.15) is 4.90 Å². The van der Waals surface area contributed by atoms with Crippen LogP contribution in [0.3, 0.4) is 0 Å². The van der Waals surface area contributed by atoms with Crippen LogP contribution in [0.1, 0.15) is 19.3 Å². The molecule has 2 unspecified atom stereocenters. The van der Waals surface area contributed by atoms with Gasteiger partial charge in [0.05, 0.1) is 23.8 Å². The van der Waals surface area contributed by atoms with Crippen LogP contribution < -0.4 is 0 Å². The molecule has 7 heteroatoms. The topological polar surface area (TPSA) is 59.5 Å². The number of fused-ring (bicyclic) bond motifs is 1. The molecule has 0 N–H and O–H groups in total. The molecule has 2 aliphatic rings. The van der Waals surface area contributed by atoms with Crippen LogP contribution in [0.2, 0.25) is 5.02 Å². The van der Waals surface area contributed by atoms with Crippen molar-refractivity contribution in [3.8, 4) is 0 Å². The first-order chi connectivity index (χ1) is 9.10. The molecule has 1 aromatic heterocycles. The van der Waals surface area contributed by atoms with E-state index in [4.69, 9.17) is 16.3 Å². The van der Waals surface area contributed by atoms with Crippen molar-refractivity contribution >= 4 is 21.6 Å². The van der Waals surface area contributed by atoms with Crippen molar-refractivity contribution in [2.45, 2.75) is 36.3 Å². The molecule has 1 aromatic rings. The van der Waals surface area contributed by atoms with Gasteiger partial charge < -0.3 is 4.74 Å². The van der Waals surface area contributed by atoms with Crippen LogP contribution in [-0.2, 0) is 14.8 Å². The zero-order valence-corrected chi connectivity index (χ0v) is 11.9. The lowest BCUT2D eigenvalue weighted by Crippen LogP contribution is -2.51. The molecule has 5 nitrogen and oxygen atoms in total. The number of halogens is 1. The van der Waals surface area contributed by atoms with E-state index in [0.717, 1.165) is 19.3 Å². The second-order valence-electron chi connectivity index (χ2n) is 4.83. The van der Waals surface area contributed by atoms with E-state index in [-0.39, 0.29) is 22.1 Å². The molecule has 0 amide bonds. The van der Waals surface area contributed by atoms with E-state index in [1.165, 1.54) is 22.8 Å². The van der Waals surface area contributed by atoms with Crippen LogP contribution in [0.25, 0.3) is 0 Å². The summed E-state index contributed by atoms with van der Waals surface area (Å²) in [6, 6.07) is 1.44. The van der Waals surface area contributed by atoms with Gasteiger partial charge in [0.25, 0.3) is 0 Å². The van der Waals surface area contributed by atoms with E-state index in [1.807, 2.05) is 0 Å². The average Bonchev–Trinajstić information content (AvgIpc) is 2.86. The van der Waals surface area contributed by atoms with Crippen molar-refractivity contribution < 1.29 is 13.2 Å². The van der Waals surface area contributed by atoms with Gasteiger partial charge in [-0.15, -0.1) is 0 Å². The first-order valence-corrected chi connectivity index (χ1v) is 8.15. The van der Waals surface area contributed by atoms with E-state index < -0.39 is 10.0 Å². The number of pyridine rings is 1. The van der Waals surface area contributed by atoms with Gasteiger partial charge in [-0.3, -0.25) is 4.98 Å². The maximum absolute atomic E-state index is 12.7. The summed E-state index contributed by atoms with van der Waals surface area (Å²) in [4.78, 5) is 3.96. The maximum Gasteiger partial charge on any atom is 0.246 e. The molecule has 1 aliphatic heterocycles. The minimum Gasteiger partial charge on any atom is -0.375 e. The van der Waals surface area contributed by atoms with E-state index >= 15 is 0 Å². The highest BCUT2D eigenvalue weighted by molar-refractivity contribution is 7.89. The summed E-state index contributed by atoms with van der Waals surface area (Å²) >= 11 is 5.99. The Hall–Kier alpha value is -0.690. The largest absolute Gasteiger partial charge is 0.375 e. The normalized spacial score (nSPS) is 28.3. The Balaban J connectivity index is 1.98. The van der Waals surface area contributed by atoms with Gasteiger partial charge in [-0.25, -0.2) is 8.42 Å². The predicted octanol–water partition coefficient (Wildman–Crippen LogP) is 1.68. The van der Waals surface area contributed by atoms with Crippen LogP contribution in [0.5, 0.6) is 0 Å². The molecular formula is C12H15ClN2O3S. The van der Waals surface area contributed by atoms with E-state index in [1.54, 1.807) is 0 Å². The van der Waals surface area contributed by atoms with Crippen molar-refractivity contribution in [2.75, 3.05) is 13.2 Å². The summed E-state index contributed by atoms with van der Waals surface area (Å²) in [5.74, 6) is 0. The molecule has 2 fully saturated rings. The van der Waals surface area contributed by atoms with Crippen LogP contribution in [0, 0.1) is 0 Å². The van der Waals surface area contributed by atoms with Gasteiger partial charge >= 0.3 is 0 Å². The minimum atomic E-state index is -3.59. The summed E-state index contributed by atoms with van der Waals surface area (Å²) in [5, 5.41) is 0.219. The summed E-state index contributed by atoms with van der Waals surface area (Å²) in [7, 11) is -3.59. The molecule has 104 valence electrons. The SMILES string of the molecule is O=S(=O)(c1cnccc1Cl)N1CCOC2CCCC21. The molecular weight excluding hydrogens is 288 g/mol. The van der Waals surface area contributed by atoms with E-state index in [9.17, 15) is 8.42 Å². The number of morpholine rings is 1. The smallest absolute Gasteiger partial charge is 0.246 e. The first-order valence-electron chi connectivity index (χ1n) is 6.33. The first kappa shape index (κ1) is 13.3.